The molecule has 0 radical (unpaired) electrons. The first kappa shape index (κ1) is 16.8. The van der Waals surface area contributed by atoms with Gasteiger partial charge in [-0.15, -0.1) is 0 Å². The highest BCUT2D eigenvalue weighted by molar-refractivity contribution is 6.31. The molecule has 4 rings (SSSR count). The van der Waals surface area contributed by atoms with Crippen molar-refractivity contribution in [3.63, 3.8) is 0 Å². The zero-order valence-electron chi connectivity index (χ0n) is 14.3. The molecular formula is C20H18ClN3O2. The molecule has 3 aromatic rings. The molecule has 2 aromatic carbocycles. The molecule has 1 aliphatic carbocycles. The number of aromatic amines is 1. The Morgan fingerprint density at radius 3 is 2.50 bits per heavy atom. The Kier molecular flexibility index (Phi) is 4.24. The van der Waals surface area contributed by atoms with Gasteiger partial charge in [0.25, 0.3) is 11.5 Å². The number of carbonyl (C=O) groups is 1. The van der Waals surface area contributed by atoms with Crippen molar-refractivity contribution in [2.75, 3.05) is 0 Å². The van der Waals surface area contributed by atoms with Crippen LogP contribution in [0, 0.1) is 0 Å². The average molecular weight is 368 g/mol. The molecule has 1 aliphatic rings. The summed E-state index contributed by atoms with van der Waals surface area (Å²) < 4.78 is 0. The SMILES string of the molecule is C[C@H](c1ccccc1Cl)N(C(=O)c1n[nH]c(=O)c2ccccc12)C1CC1. The molecule has 0 bridgehead atoms. The number of rotatable bonds is 4. The van der Waals surface area contributed by atoms with Gasteiger partial charge in [-0.2, -0.15) is 5.10 Å². The Hall–Kier alpha value is -2.66. The summed E-state index contributed by atoms with van der Waals surface area (Å²) in [5.74, 6) is -0.188. The molecule has 0 saturated heterocycles. The smallest absolute Gasteiger partial charge is 0.275 e. The van der Waals surface area contributed by atoms with Gasteiger partial charge in [0.05, 0.1) is 11.4 Å². The number of carbonyl (C=O) groups excluding carboxylic acids is 1. The molecule has 1 fully saturated rings. The fraction of sp³-hybridized carbons (Fsp3) is 0.250. The summed E-state index contributed by atoms with van der Waals surface area (Å²) in [7, 11) is 0. The minimum atomic E-state index is -0.297. The van der Waals surface area contributed by atoms with Gasteiger partial charge >= 0.3 is 0 Å². The number of nitrogens with zero attached hydrogens (tertiary/aromatic N) is 2. The maximum atomic E-state index is 13.4. The third-order valence-electron chi connectivity index (χ3n) is 4.85. The minimum Gasteiger partial charge on any atom is -0.327 e. The van der Waals surface area contributed by atoms with Crippen LogP contribution in [-0.2, 0) is 0 Å². The molecule has 26 heavy (non-hydrogen) atoms. The molecule has 5 nitrogen and oxygen atoms in total. The van der Waals surface area contributed by atoms with Gasteiger partial charge < -0.3 is 4.90 Å². The van der Waals surface area contributed by atoms with Crippen LogP contribution in [0.3, 0.4) is 0 Å². The number of H-pyrrole nitrogens is 1. The zero-order chi connectivity index (χ0) is 18.3. The van der Waals surface area contributed by atoms with Crippen molar-refractivity contribution < 1.29 is 4.79 Å². The summed E-state index contributed by atoms with van der Waals surface area (Å²) in [4.78, 5) is 27.2. The van der Waals surface area contributed by atoms with Gasteiger partial charge in [-0.05, 0) is 37.5 Å². The summed E-state index contributed by atoms with van der Waals surface area (Å²) in [6.45, 7) is 1.98. The van der Waals surface area contributed by atoms with Crippen LogP contribution in [0.25, 0.3) is 10.8 Å². The lowest BCUT2D eigenvalue weighted by Gasteiger charge is -2.30. The van der Waals surface area contributed by atoms with Gasteiger partial charge in [0, 0.05) is 16.5 Å². The van der Waals surface area contributed by atoms with Gasteiger partial charge in [-0.3, -0.25) is 9.59 Å². The van der Waals surface area contributed by atoms with E-state index < -0.39 is 0 Å². The number of halogens is 1. The molecule has 0 spiro atoms. The predicted octanol–water partition coefficient (Wildman–Crippen LogP) is 3.94. The van der Waals surface area contributed by atoms with Crippen molar-refractivity contribution in [1.29, 1.82) is 0 Å². The first-order valence-corrected chi connectivity index (χ1v) is 9.00. The van der Waals surface area contributed by atoms with E-state index in [1.165, 1.54) is 0 Å². The van der Waals surface area contributed by atoms with E-state index in [-0.39, 0.29) is 29.2 Å². The Labute approximate surface area is 155 Å². The zero-order valence-corrected chi connectivity index (χ0v) is 15.0. The standard InChI is InChI=1S/C20H18ClN3O2/c1-12(14-6-4-5-9-17(14)21)24(13-10-11-13)20(26)18-15-7-2-3-8-16(15)19(25)23-22-18/h2-9,12-13H,10-11H2,1H3,(H,23,25)/t12-/m1/s1. The van der Waals surface area contributed by atoms with Gasteiger partial charge in [-0.1, -0.05) is 48.0 Å². The maximum Gasteiger partial charge on any atom is 0.275 e. The predicted molar refractivity (Wildman–Crippen MR) is 101 cm³/mol. The lowest BCUT2D eigenvalue weighted by atomic mass is 10.0. The molecule has 0 aliphatic heterocycles. The lowest BCUT2D eigenvalue weighted by Crippen LogP contribution is -2.37. The van der Waals surface area contributed by atoms with Crippen molar-refractivity contribution in [3.8, 4) is 0 Å². The minimum absolute atomic E-state index is 0.168. The summed E-state index contributed by atoms with van der Waals surface area (Å²) in [6, 6.07) is 14.6. The largest absolute Gasteiger partial charge is 0.327 e. The highest BCUT2D eigenvalue weighted by atomic mass is 35.5. The van der Waals surface area contributed by atoms with Crippen LogP contribution < -0.4 is 5.56 Å². The fourth-order valence-electron chi connectivity index (χ4n) is 3.37. The highest BCUT2D eigenvalue weighted by Gasteiger charge is 2.38. The van der Waals surface area contributed by atoms with Crippen LogP contribution in [-0.4, -0.2) is 27.0 Å². The van der Waals surface area contributed by atoms with E-state index in [0.717, 1.165) is 18.4 Å². The number of benzene rings is 2. The second kappa shape index (κ2) is 6.57. The van der Waals surface area contributed by atoms with Crippen LogP contribution in [0.2, 0.25) is 5.02 Å². The first-order valence-electron chi connectivity index (χ1n) is 8.62. The third-order valence-corrected chi connectivity index (χ3v) is 5.19. The number of hydrogen-bond acceptors (Lipinski definition) is 3. The molecule has 132 valence electrons. The van der Waals surface area contributed by atoms with E-state index in [2.05, 4.69) is 10.2 Å². The lowest BCUT2D eigenvalue weighted by molar-refractivity contribution is 0.0669. The van der Waals surface area contributed by atoms with Gasteiger partial charge in [-0.25, -0.2) is 5.10 Å². The van der Waals surface area contributed by atoms with Crippen LogP contribution in [0.5, 0.6) is 0 Å². The topological polar surface area (TPSA) is 66.1 Å². The number of amides is 1. The average Bonchev–Trinajstić information content (AvgIpc) is 3.47. The third kappa shape index (κ3) is 2.88. The van der Waals surface area contributed by atoms with Gasteiger partial charge in [0.1, 0.15) is 0 Å². The molecule has 1 atom stereocenters. The number of hydrogen-bond donors (Lipinski definition) is 1. The van der Waals surface area contributed by atoms with Crippen LogP contribution >= 0.6 is 11.6 Å². The molecule has 1 heterocycles. The van der Waals surface area contributed by atoms with E-state index in [4.69, 9.17) is 11.6 Å². The second-order valence-corrected chi connectivity index (χ2v) is 7.00. The number of fused-ring (bicyclic) bond motifs is 1. The van der Waals surface area contributed by atoms with Crippen molar-refractivity contribution >= 4 is 28.3 Å². The quantitative estimate of drug-likeness (QED) is 0.759. The molecule has 0 unspecified atom stereocenters. The summed E-state index contributed by atoms with van der Waals surface area (Å²) in [5, 5.41) is 8.19. The molecule has 1 aromatic heterocycles. The highest BCUT2D eigenvalue weighted by Crippen LogP contribution is 2.37. The van der Waals surface area contributed by atoms with E-state index in [0.29, 0.717) is 15.8 Å². The van der Waals surface area contributed by atoms with Crippen LogP contribution in [0.15, 0.2) is 53.3 Å². The second-order valence-electron chi connectivity index (χ2n) is 6.59. The summed E-state index contributed by atoms with van der Waals surface area (Å²) in [5.41, 5.74) is 0.878. The molecule has 6 heteroatoms. The van der Waals surface area contributed by atoms with Crippen LogP contribution in [0.4, 0.5) is 0 Å². The molecule has 1 saturated carbocycles. The fourth-order valence-corrected chi connectivity index (χ4v) is 3.67. The Morgan fingerprint density at radius 2 is 1.81 bits per heavy atom. The van der Waals surface area contributed by atoms with Gasteiger partial charge in [0.15, 0.2) is 5.69 Å². The molecular weight excluding hydrogens is 350 g/mol. The monoisotopic (exact) mass is 367 g/mol. The van der Waals surface area contributed by atoms with Gasteiger partial charge in [0.2, 0.25) is 0 Å². The first-order chi connectivity index (χ1) is 12.6. The number of nitrogens with one attached hydrogen (secondary N) is 1. The summed E-state index contributed by atoms with van der Waals surface area (Å²) >= 11 is 6.35. The van der Waals surface area contributed by atoms with E-state index in [1.807, 2.05) is 36.1 Å². The van der Waals surface area contributed by atoms with Crippen molar-refractivity contribution in [1.82, 2.24) is 15.1 Å². The van der Waals surface area contributed by atoms with Crippen molar-refractivity contribution in [3.05, 3.63) is 75.2 Å². The number of aromatic nitrogens is 2. The molecule has 1 N–H and O–H groups in total. The van der Waals surface area contributed by atoms with E-state index in [1.54, 1.807) is 24.3 Å². The maximum absolute atomic E-state index is 13.4. The normalized spacial score (nSPS) is 15.0. The van der Waals surface area contributed by atoms with Crippen molar-refractivity contribution in [2.45, 2.75) is 31.8 Å². The van der Waals surface area contributed by atoms with Crippen LogP contribution in [0.1, 0.15) is 41.9 Å². The van der Waals surface area contributed by atoms with Crippen molar-refractivity contribution in [2.24, 2.45) is 0 Å². The molecule has 1 amide bonds. The van der Waals surface area contributed by atoms with E-state index in [9.17, 15) is 9.59 Å². The Morgan fingerprint density at radius 1 is 1.15 bits per heavy atom. The Bertz CT molecular complexity index is 1040. The van der Waals surface area contributed by atoms with E-state index >= 15 is 0 Å². The summed E-state index contributed by atoms with van der Waals surface area (Å²) in [6.07, 6.45) is 1.92. The Balaban J connectivity index is 1.79.